The standard InChI is InChI=1S/C12H10N4O/c1-8-14-11(10(7-13)12(17)15-8)16-9-5-3-2-4-6-9/h2-6H,1H3,(H2,14,15,16,17). The summed E-state index contributed by atoms with van der Waals surface area (Å²) >= 11 is 0. The van der Waals surface area contributed by atoms with E-state index in [4.69, 9.17) is 5.26 Å². The van der Waals surface area contributed by atoms with Crippen LogP contribution in [0, 0.1) is 18.3 Å². The van der Waals surface area contributed by atoms with Gasteiger partial charge in [0.15, 0.2) is 11.4 Å². The summed E-state index contributed by atoms with van der Waals surface area (Å²) in [5, 5.41) is 11.9. The predicted octanol–water partition coefficient (Wildman–Crippen LogP) is 1.69. The van der Waals surface area contributed by atoms with Crippen LogP contribution in [0.1, 0.15) is 11.4 Å². The molecule has 0 radical (unpaired) electrons. The van der Waals surface area contributed by atoms with Crippen LogP contribution in [0.2, 0.25) is 0 Å². The molecule has 5 nitrogen and oxygen atoms in total. The lowest BCUT2D eigenvalue weighted by molar-refractivity contribution is 1.01. The topological polar surface area (TPSA) is 81.6 Å². The molecule has 0 bridgehead atoms. The molecule has 2 rings (SSSR count). The first-order valence-electron chi connectivity index (χ1n) is 5.04. The van der Waals surface area contributed by atoms with Gasteiger partial charge in [0, 0.05) is 5.69 Å². The minimum absolute atomic E-state index is 0.0144. The number of aryl methyl sites for hydroxylation is 1. The van der Waals surface area contributed by atoms with E-state index in [-0.39, 0.29) is 11.4 Å². The number of nitrogens with one attached hydrogen (secondary N) is 2. The molecule has 0 aliphatic carbocycles. The fraction of sp³-hybridized carbons (Fsp3) is 0.0833. The molecule has 0 spiro atoms. The van der Waals surface area contributed by atoms with Crippen LogP contribution in [0.4, 0.5) is 11.5 Å². The van der Waals surface area contributed by atoms with E-state index in [1.54, 1.807) is 6.92 Å². The average Bonchev–Trinajstić information content (AvgIpc) is 2.30. The zero-order chi connectivity index (χ0) is 12.3. The predicted molar refractivity (Wildman–Crippen MR) is 64.0 cm³/mol. The van der Waals surface area contributed by atoms with Gasteiger partial charge in [-0.05, 0) is 19.1 Å². The van der Waals surface area contributed by atoms with Gasteiger partial charge in [-0.25, -0.2) is 4.98 Å². The first kappa shape index (κ1) is 10.9. The first-order chi connectivity index (χ1) is 8.20. The number of hydrogen-bond acceptors (Lipinski definition) is 4. The number of benzene rings is 1. The summed E-state index contributed by atoms with van der Waals surface area (Å²) in [5.74, 6) is 0.743. The normalized spacial score (nSPS) is 9.65. The van der Waals surface area contributed by atoms with Gasteiger partial charge in [-0.15, -0.1) is 0 Å². The molecule has 1 aromatic heterocycles. The molecule has 2 aromatic rings. The third-order valence-corrected chi connectivity index (χ3v) is 2.19. The Kier molecular flexibility index (Phi) is 2.88. The second-order valence-corrected chi connectivity index (χ2v) is 3.48. The lowest BCUT2D eigenvalue weighted by Gasteiger charge is -2.06. The number of aromatic amines is 1. The third-order valence-electron chi connectivity index (χ3n) is 2.19. The van der Waals surface area contributed by atoms with Gasteiger partial charge in [0.2, 0.25) is 0 Å². The van der Waals surface area contributed by atoms with Crippen LogP contribution in [-0.2, 0) is 0 Å². The highest BCUT2D eigenvalue weighted by molar-refractivity contribution is 5.61. The van der Waals surface area contributed by atoms with Crippen molar-refractivity contribution in [1.29, 1.82) is 5.26 Å². The van der Waals surface area contributed by atoms with Gasteiger partial charge in [-0.3, -0.25) is 4.79 Å². The van der Waals surface area contributed by atoms with Crippen LogP contribution in [0.15, 0.2) is 35.1 Å². The molecule has 1 heterocycles. The van der Waals surface area contributed by atoms with Crippen LogP contribution in [0.25, 0.3) is 0 Å². The number of H-pyrrole nitrogens is 1. The van der Waals surface area contributed by atoms with E-state index in [9.17, 15) is 4.79 Å². The van der Waals surface area contributed by atoms with Crippen molar-refractivity contribution in [3.8, 4) is 6.07 Å². The number of para-hydroxylation sites is 1. The molecule has 0 fully saturated rings. The Bertz CT molecular complexity index is 625. The minimum atomic E-state index is -0.432. The average molecular weight is 226 g/mol. The smallest absolute Gasteiger partial charge is 0.271 e. The molecule has 0 unspecified atom stereocenters. The molecular weight excluding hydrogens is 216 g/mol. The number of hydrogen-bond donors (Lipinski definition) is 2. The highest BCUT2D eigenvalue weighted by Crippen LogP contribution is 2.15. The fourth-order valence-electron chi connectivity index (χ4n) is 1.44. The second-order valence-electron chi connectivity index (χ2n) is 3.48. The highest BCUT2D eigenvalue weighted by Gasteiger charge is 2.09. The number of aromatic nitrogens is 2. The SMILES string of the molecule is Cc1nc(Nc2ccccc2)c(C#N)c(=O)[nH]1. The summed E-state index contributed by atoms with van der Waals surface area (Å²) in [7, 11) is 0. The lowest BCUT2D eigenvalue weighted by atomic mass is 10.3. The Hall–Kier alpha value is -2.61. The number of nitrogens with zero attached hydrogens (tertiary/aromatic N) is 2. The molecule has 0 aliphatic heterocycles. The fourth-order valence-corrected chi connectivity index (χ4v) is 1.44. The van der Waals surface area contributed by atoms with E-state index in [1.807, 2.05) is 36.4 Å². The molecule has 1 aromatic carbocycles. The Morgan fingerprint density at radius 2 is 2.06 bits per heavy atom. The first-order valence-corrected chi connectivity index (χ1v) is 5.04. The van der Waals surface area contributed by atoms with Crippen molar-refractivity contribution >= 4 is 11.5 Å². The Labute approximate surface area is 97.8 Å². The van der Waals surface area contributed by atoms with Gasteiger partial charge in [0.25, 0.3) is 5.56 Å². The van der Waals surface area contributed by atoms with E-state index in [0.717, 1.165) is 5.69 Å². The number of rotatable bonds is 2. The van der Waals surface area contributed by atoms with Gasteiger partial charge in [-0.1, -0.05) is 18.2 Å². The van der Waals surface area contributed by atoms with Crippen LogP contribution in [-0.4, -0.2) is 9.97 Å². The largest absolute Gasteiger partial charge is 0.339 e. The number of nitriles is 1. The monoisotopic (exact) mass is 226 g/mol. The molecule has 84 valence electrons. The quantitative estimate of drug-likeness (QED) is 0.816. The van der Waals surface area contributed by atoms with Crippen LogP contribution >= 0.6 is 0 Å². The van der Waals surface area contributed by atoms with Gasteiger partial charge < -0.3 is 10.3 Å². The van der Waals surface area contributed by atoms with Crippen molar-refractivity contribution in [2.24, 2.45) is 0 Å². The Balaban J connectivity index is 2.46. The zero-order valence-corrected chi connectivity index (χ0v) is 9.19. The molecule has 0 atom stereocenters. The molecule has 0 saturated carbocycles. The maximum Gasteiger partial charge on any atom is 0.271 e. The maximum absolute atomic E-state index is 11.5. The van der Waals surface area contributed by atoms with Gasteiger partial charge in [-0.2, -0.15) is 5.26 Å². The molecule has 0 aliphatic rings. The third kappa shape index (κ3) is 2.32. The van der Waals surface area contributed by atoms with Crippen LogP contribution < -0.4 is 10.9 Å². The molecule has 0 saturated heterocycles. The summed E-state index contributed by atoms with van der Waals surface area (Å²) in [6.07, 6.45) is 0. The van der Waals surface area contributed by atoms with Crippen molar-refractivity contribution in [1.82, 2.24) is 9.97 Å². The van der Waals surface area contributed by atoms with Crippen molar-refractivity contribution < 1.29 is 0 Å². The summed E-state index contributed by atoms with van der Waals surface area (Å²) in [5.41, 5.74) is 0.333. The van der Waals surface area contributed by atoms with Crippen LogP contribution in [0.3, 0.4) is 0 Å². The zero-order valence-electron chi connectivity index (χ0n) is 9.19. The van der Waals surface area contributed by atoms with Crippen molar-refractivity contribution in [3.05, 3.63) is 52.1 Å². The van der Waals surface area contributed by atoms with Gasteiger partial charge in [0.05, 0.1) is 0 Å². The summed E-state index contributed by atoms with van der Waals surface area (Å²) in [6.45, 7) is 1.67. The molecule has 0 amide bonds. The van der Waals surface area contributed by atoms with E-state index in [2.05, 4.69) is 15.3 Å². The molecule has 17 heavy (non-hydrogen) atoms. The molecule has 5 heteroatoms. The van der Waals surface area contributed by atoms with E-state index >= 15 is 0 Å². The number of anilines is 2. The van der Waals surface area contributed by atoms with E-state index in [0.29, 0.717) is 5.82 Å². The van der Waals surface area contributed by atoms with E-state index < -0.39 is 5.56 Å². The van der Waals surface area contributed by atoms with Crippen LogP contribution in [0.5, 0.6) is 0 Å². The lowest BCUT2D eigenvalue weighted by Crippen LogP contribution is -2.16. The molecule has 2 N–H and O–H groups in total. The van der Waals surface area contributed by atoms with Crippen molar-refractivity contribution in [2.75, 3.05) is 5.32 Å². The summed E-state index contributed by atoms with van der Waals surface area (Å²) in [6, 6.07) is 11.1. The maximum atomic E-state index is 11.5. The highest BCUT2D eigenvalue weighted by atomic mass is 16.1. The minimum Gasteiger partial charge on any atom is -0.339 e. The van der Waals surface area contributed by atoms with Crippen molar-refractivity contribution in [2.45, 2.75) is 6.92 Å². The van der Waals surface area contributed by atoms with Gasteiger partial charge in [0.1, 0.15) is 11.9 Å². The molecular formula is C12H10N4O. The Morgan fingerprint density at radius 3 is 2.71 bits per heavy atom. The second kappa shape index (κ2) is 4.49. The van der Waals surface area contributed by atoms with E-state index in [1.165, 1.54) is 0 Å². The Morgan fingerprint density at radius 1 is 1.35 bits per heavy atom. The summed E-state index contributed by atoms with van der Waals surface area (Å²) < 4.78 is 0. The van der Waals surface area contributed by atoms with Gasteiger partial charge >= 0.3 is 0 Å². The summed E-state index contributed by atoms with van der Waals surface area (Å²) in [4.78, 5) is 18.1. The van der Waals surface area contributed by atoms with Crippen molar-refractivity contribution in [3.63, 3.8) is 0 Å².